The first kappa shape index (κ1) is 17.9. The van der Waals surface area contributed by atoms with Crippen LogP contribution in [0.3, 0.4) is 0 Å². The van der Waals surface area contributed by atoms with E-state index in [4.69, 9.17) is 0 Å². The maximum Gasteiger partial charge on any atom is 0.00965 e. The fraction of sp³-hybridized carbons (Fsp3) is 1.00. The van der Waals surface area contributed by atoms with E-state index in [2.05, 4.69) is 65.7 Å². The first-order valence-electron chi connectivity index (χ1n) is 7.60. The van der Waals surface area contributed by atoms with Gasteiger partial charge in [-0.1, -0.05) is 13.8 Å². The Balaban J connectivity index is 3.84. The van der Waals surface area contributed by atoms with E-state index in [1.165, 1.54) is 19.3 Å². The van der Waals surface area contributed by atoms with Crippen LogP contribution in [-0.2, 0) is 0 Å². The second-order valence-electron chi connectivity index (χ2n) is 7.31. The van der Waals surface area contributed by atoms with Crippen molar-refractivity contribution in [1.29, 1.82) is 0 Å². The fourth-order valence-electron chi connectivity index (χ4n) is 2.35. The van der Waals surface area contributed by atoms with Crippen molar-refractivity contribution < 1.29 is 0 Å². The van der Waals surface area contributed by atoms with Crippen molar-refractivity contribution in [3.8, 4) is 0 Å². The third-order valence-corrected chi connectivity index (χ3v) is 3.66. The van der Waals surface area contributed by atoms with Gasteiger partial charge >= 0.3 is 0 Å². The number of rotatable bonds is 8. The third kappa shape index (κ3) is 8.93. The average Bonchev–Trinajstić information content (AvgIpc) is 2.20. The van der Waals surface area contributed by atoms with Crippen LogP contribution in [-0.4, -0.2) is 36.1 Å². The van der Waals surface area contributed by atoms with Gasteiger partial charge in [-0.15, -0.1) is 0 Å². The minimum absolute atomic E-state index is 0.250. The fourth-order valence-corrected chi connectivity index (χ4v) is 2.35. The lowest BCUT2D eigenvalue weighted by Crippen LogP contribution is -2.39. The summed E-state index contributed by atoms with van der Waals surface area (Å²) in [6, 6.07) is 1.37. The highest BCUT2D eigenvalue weighted by atomic mass is 15.1. The van der Waals surface area contributed by atoms with Gasteiger partial charge in [-0.25, -0.2) is 0 Å². The van der Waals surface area contributed by atoms with Gasteiger partial charge in [0.1, 0.15) is 0 Å². The molecule has 1 N–H and O–H groups in total. The standard InChI is InChI=1S/C16H36N2/c1-13(2)12-15(4)18(8)14(3)10-9-11-17-16(5,6)7/h13-15,17H,9-12H2,1-8H3. The van der Waals surface area contributed by atoms with E-state index in [0.29, 0.717) is 12.1 Å². The van der Waals surface area contributed by atoms with Crippen molar-refractivity contribution in [1.82, 2.24) is 10.2 Å². The Labute approximate surface area is 116 Å². The molecule has 0 saturated heterocycles. The van der Waals surface area contributed by atoms with Crippen LogP contribution in [0.15, 0.2) is 0 Å². The second-order valence-corrected chi connectivity index (χ2v) is 7.31. The van der Waals surface area contributed by atoms with Gasteiger partial charge in [-0.3, -0.25) is 0 Å². The molecule has 2 atom stereocenters. The van der Waals surface area contributed by atoms with Crippen molar-refractivity contribution in [2.75, 3.05) is 13.6 Å². The molecule has 0 aromatic rings. The molecule has 0 rings (SSSR count). The summed E-state index contributed by atoms with van der Waals surface area (Å²) >= 11 is 0. The molecule has 0 aliphatic rings. The van der Waals surface area contributed by atoms with Gasteiger partial charge in [-0.05, 0) is 73.4 Å². The molecule has 0 aliphatic carbocycles. The molecule has 0 saturated carbocycles. The average molecular weight is 256 g/mol. The summed E-state index contributed by atoms with van der Waals surface area (Å²) in [6.45, 7) is 17.1. The van der Waals surface area contributed by atoms with Gasteiger partial charge < -0.3 is 10.2 Å². The Morgan fingerprint density at radius 2 is 1.56 bits per heavy atom. The maximum atomic E-state index is 3.56. The molecule has 0 aromatic heterocycles. The van der Waals surface area contributed by atoms with Crippen molar-refractivity contribution in [3.05, 3.63) is 0 Å². The molecule has 0 aliphatic heterocycles. The molecular weight excluding hydrogens is 220 g/mol. The molecule has 110 valence electrons. The molecule has 0 heterocycles. The monoisotopic (exact) mass is 256 g/mol. The molecule has 0 bridgehead atoms. The van der Waals surface area contributed by atoms with Crippen LogP contribution >= 0.6 is 0 Å². The van der Waals surface area contributed by atoms with E-state index in [1.807, 2.05) is 0 Å². The van der Waals surface area contributed by atoms with Gasteiger partial charge in [0.2, 0.25) is 0 Å². The summed E-state index contributed by atoms with van der Waals surface area (Å²) in [5, 5.41) is 3.56. The van der Waals surface area contributed by atoms with Crippen LogP contribution in [0.5, 0.6) is 0 Å². The van der Waals surface area contributed by atoms with E-state index < -0.39 is 0 Å². The van der Waals surface area contributed by atoms with Gasteiger partial charge in [0.15, 0.2) is 0 Å². The number of nitrogens with one attached hydrogen (secondary N) is 1. The van der Waals surface area contributed by atoms with Crippen LogP contribution in [0.2, 0.25) is 0 Å². The zero-order valence-electron chi connectivity index (χ0n) is 14.0. The van der Waals surface area contributed by atoms with Gasteiger partial charge in [-0.2, -0.15) is 0 Å². The zero-order valence-corrected chi connectivity index (χ0v) is 14.0. The summed E-state index contributed by atoms with van der Waals surface area (Å²) < 4.78 is 0. The van der Waals surface area contributed by atoms with Crippen LogP contribution in [0.1, 0.15) is 67.7 Å². The molecule has 0 aromatic carbocycles. The van der Waals surface area contributed by atoms with Gasteiger partial charge in [0.25, 0.3) is 0 Å². The van der Waals surface area contributed by atoms with Gasteiger partial charge in [0, 0.05) is 17.6 Å². The SMILES string of the molecule is CC(C)CC(C)N(C)C(C)CCCNC(C)(C)C. The molecule has 0 amide bonds. The highest BCUT2D eigenvalue weighted by Crippen LogP contribution is 2.14. The Morgan fingerprint density at radius 1 is 1.00 bits per heavy atom. The predicted molar refractivity (Wildman–Crippen MR) is 83.1 cm³/mol. The Hall–Kier alpha value is -0.0800. The van der Waals surface area contributed by atoms with Gasteiger partial charge in [0.05, 0.1) is 0 Å². The highest BCUT2D eigenvalue weighted by molar-refractivity contribution is 4.74. The topological polar surface area (TPSA) is 15.3 Å². The van der Waals surface area contributed by atoms with E-state index in [-0.39, 0.29) is 5.54 Å². The maximum absolute atomic E-state index is 3.56. The molecule has 2 nitrogen and oxygen atoms in total. The largest absolute Gasteiger partial charge is 0.312 e. The lowest BCUT2D eigenvalue weighted by molar-refractivity contribution is 0.165. The molecule has 2 unspecified atom stereocenters. The minimum atomic E-state index is 0.250. The minimum Gasteiger partial charge on any atom is -0.312 e. The number of nitrogens with zero attached hydrogens (tertiary/aromatic N) is 1. The van der Waals surface area contributed by atoms with E-state index in [0.717, 1.165) is 12.5 Å². The Morgan fingerprint density at radius 3 is 2.00 bits per heavy atom. The van der Waals surface area contributed by atoms with Crippen molar-refractivity contribution >= 4 is 0 Å². The highest BCUT2D eigenvalue weighted by Gasteiger charge is 2.16. The first-order chi connectivity index (χ1) is 8.13. The predicted octanol–water partition coefficient (Wildman–Crippen LogP) is 3.91. The Bertz CT molecular complexity index is 206. The third-order valence-electron chi connectivity index (χ3n) is 3.66. The van der Waals surface area contributed by atoms with Crippen LogP contribution < -0.4 is 5.32 Å². The zero-order chi connectivity index (χ0) is 14.3. The molecule has 0 radical (unpaired) electrons. The van der Waals surface area contributed by atoms with Crippen molar-refractivity contribution in [3.63, 3.8) is 0 Å². The summed E-state index contributed by atoms with van der Waals surface area (Å²) in [4.78, 5) is 2.54. The van der Waals surface area contributed by atoms with Crippen LogP contribution in [0.25, 0.3) is 0 Å². The molecule has 18 heavy (non-hydrogen) atoms. The summed E-state index contributed by atoms with van der Waals surface area (Å²) in [6.07, 6.45) is 3.83. The van der Waals surface area contributed by atoms with Crippen LogP contribution in [0.4, 0.5) is 0 Å². The van der Waals surface area contributed by atoms with Crippen LogP contribution in [0, 0.1) is 5.92 Å². The van der Waals surface area contributed by atoms with E-state index >= 15 is 0 Å². The smallest absolute Gasteiger partial charge is 0.00965 e. The number of hydrogen-bond donors (Lipinski definition) is 1. The molecule has 2 heteroatoms. The van der Waals surface area contributed by atoms with Crippen molar-refractivity contribution in [2.24, 2.45) is 5.92 Å². The second kappa shape index (κ2) is 8.16. The lowest BCUT2D eigenvalue weighted by Gasteiger charge is -2.32. The first-order valence-corrected chi connectivity index (χ1v) is 7.60. The summed E-state index contributed by atoms with van der Waals surface area (Å²) in [5.74, 6) is 0.789. The molecule has 0 fully saturated rings. The molecular formula is C16H36N2. The normalized spacial score (nSPS) is 16.3. The lowest BCUT2D eigenvalue weighted by atomic mass is 10.0. The summed E-state index contributed by atoms with van der Waals surface area (Å²) in [5.41, 5.74) is 0.250. The quantitative estimate of drug-likeness (QED) is 0.662. The summed E-state index contributed by atoms with van der Waals surface area (Å²) in [7, 11) is 2.27. The Kier molecular flexibility index (Phi) is 8.13. The molecule has 0 spiro atoms. The van der Waals surface area contributed by atoms with Crippen molar-refractivity contribution in [2.45, 2.75) is 85.4 Å². The van der Waals surface area contributed by atoms with E-state index in [9.17, 15) is 0 Å². The van der Waals surface area contributed by atoms with E-state index in [1.54, 1.807) is 0 Å². The number of hydrogen-bond acceptors (Lipinski definition) is 2.